The van der Waals surface area contributed by atoms with Gasteiger partial charge >= 0.3 is 17.9 Å². The molecule has 1 amide bonds. The number of ether oxygens (including phenoxy) is 1. The third kappa shape index (κ3) is 7.62. The highest BCUT2D eigenvalue weighted by Gasteiger charge is 2.34. The lowest BCUT2D eigenvalue weighted by molar-refractivity contribution is -0.143. The molecule has 0 saturated heterocycles. The van der Waals surface area contributed by atoms with E-state index in [0.717, 1.165) is 39.0 Å². The van der Waals surface area contributed by atoms with Gasteiger partial charge in [0.15, 0.2) is 0 Å². The number of aromatic carboxylic acids is 1. The molecule has 278 valence electrons. The predicted molar refractivity (Wildman–Crippen MR) is 198 cm³/mol. The Labute approximate surface area is 305 Å². The van der Waals surface area contributed by atoms with Crippen LogP contribution in [-0.2, 0) is 30.3 Å². The summed E-state index contributed by atoms with van der Waals surface area (Å²) in [5, 5.41) is 32.8. The third-order valence-corrected chi connectivity index (χ3v) is 10.2. The fourth-order valence-electron chi connectivity index (χ4n) is 7.29. The molecule has 5 rings (SSSR count). The molecule has 8 bridgehead atoms. The van der Waals surface area contributed by atoms with Crippen LogP contribution in [0, 0.1) is 13.8 Å². The molecule has 3 unspecified atom stereocenters. The van der Waals surface area contributed by atoms with Crippen LogP contribution >= 0.6 is 0 Å². The lowest BCUT2D eigenvalue weighted by Crippen LogP contribution is -2.41. The number of nitrogens with one attached hydrogen (secondary N) is 3. The number of carboxylic acids is 3. The Morgan fingerprint density at radius 1 is 1.00 bits per heavy atom. The van der Waals surface area contributed by atoms with Gasteiger partial charge < -0.3 is 35.3 Å². The number of aliphatic carboxylic acids is 2. The van der Waals surface area contributed by atoms with E-state index >= 15 is 0 Å². The highest BCUT2D eigenvalue weighted by molar-refractivity contribution is 6.03. The van der Waals surface area contributed by atoms with E-state index < -0.39 is 42.2 Å². The molecule has 14 heteroatoms. The molecule has 14 nitrogen and oxygen atoms in total. The molecule has 0 saturated carbocycles. The van der Waals surface area contributed by atoms with Crippen molar-refractivity contribution < 1.29 is 44.0 Å². The van der Waals surface area contributed by atoms with Crippen LogP contribution in [-0.4, -0.2) is 78.2 Å². The van der Waals surface area contributed by atoms with Crippen LogP contribution in [0.5, 0.6) is 0 Å². The Bertz CT molecular complexity index is 2230. The minimum absolute atomic E-state index is 0.0962. The average Bonchev–Trinajstić information content (AvgIpc) is 3.78. The molecule has 3 atom stereocenters. The van der Waals surface area contributed by atoms with Crippen molar-refractivity contribution in [2.45, 2.75) is 84.6 Å². The first-order valence-electron chi connectivity index (χ1n) is 17.3. The maximum atomic E-state index is 13.1. The van der Waals surface area contributed by atoms with Crippen LogP contribution in [0.25, 0.3) is 39.3 Å². The maximum absolute atomic E-state index is 13.1. The molecular formula is C39H43N5O9. The van der Waals surface area contributed by atoms with Crippen molar-refractivity contribution in [1.29, 1.82) is 0 Å². The van der Waals surface area contributed by atoms with Crippen LogP contribution < -0.4 is 5.32 Å². The second-order valence-corrected chi connectivity index (χ2v) is 13.3. The first kappa shape index (κ1) is 38.2. The van der Waals surface area contributed by atoms with Gasteiger partial charge in [-0.05, 0) is 74.1 Å². The van der Waals surface area contributed by atoms with E-state index in [-0.39, 0.29) is 54.9 Å². The zero-order valence-electron chi connectivity index (χ0n) is 30.3. The number of aryl methyl sites for hydroxylation is 2. The normalized spacial score (nSPS) is 15.9. The molecule has 0 aliphatic carbocycles. The summed E-state index contributed by atoms with van der Waals surface area (Å²) in [6, 6.07) is 4.31. The van der Waals surface area contributed by atoms with Crippen molar-refractivity contribution >= 4 is 69.6 Å². The summed E-state index contributed by atoms with van der Waals surface area (Å²) in [4.78, 5) is 77.5. The highest BCUT2D eigenvalue weighted by Crippen LogP contribution is 2.43. The highest BCUT2D eigenvalue weighted by atomic mass is 16.5. The lowest BCUT2D eigenvalue weighted by atomic mass is 9.85. The predicted octanol–water partition coefficient (Wildman–Crippen LogP) is 6.04. The number of rotatable bonds is 14. The molecule has 0 fully saturated rings. The zero-order valence-corrected chi connectivity index (χ0v) is 30.3. The molecule has 5 heterocycles. The number of allylic oxidation sites excluding steroid dienone is 2. The molecule has 0 spiro atoms. The Kier molecular flexibility index (Phi) is 11.3. The first-order valence-corrected chi connectivity index (χ1v) is 17.3. The fourth-order valence-corrected chi connectivity index (χ4v) is 7.29. The molecule has 53 heavy (non-hydrogen) atoms. The van der Waals surface area contributed by atoms with Crippen molar-refractivity contribution in [3.8, 4) is 0 Å². The van der Waals surface area contributed by atoms with Crippen LogP contribution in [0.2, 0.25) is 0 Å². The van der Waals surface area contributed by atoms with Gasteiger partial charge in [-0.3, -0.25) is 19.4 Å². The third-order valence-electron chi connectivity index (χ3n) is 10.2. The fraction of sp³-hybridized carbons (Fsp3) is 0.359. The molecule has 0 aromatic carbocycles. The van der Waals surface area contributed by atoms with Gasteiger partial charge in [0.05, 0.1) is 41.2 Å². The number of carbonyl (C=O) groups excluding carboxylic acids is 2. The molecule has 2 aliphatic heterocycles. The number of carboxylic acid groups (broad SMARTS) is 3. The van der Waals surface area contributed by atoms with Crippen LogP contribution in [0.4, 0.5) is 0 Å². The molecule has 3 aromatic heterocycles. The summed E-state index contributed by atoms with van der Waals surface area (Å²) in [7, 11) is 0. The monoisotopic (exact) mass is 725 g/mol. The first-order chi connectivity index (χ1) is 25.2. The minimum Gasteiger partial charge on any atom is -0.481 e. The molecule has 6 N–H and O–H groups in total. The Morgan fingerprint density at radius 3 is 2.32 bits per heavy atom. The number of aromatic nitrogens is 4. The average molecular weight is 726 g/mol. The number of fused-ring (bicyclic) bond motifs is 8. The summed E-state index contributed by atoms with van der Waals surface area (Å²) >= 11 is 0. The van der Waals surface area contributed by atoms with E-state index in [4.69, 9.17) is 9.97 Å². The number of aromatic amines is 2. The Morgan fingerprint density at radius 2 is 1.70 bits per heavy atom. The van der Waals surface area contributed by atoms with E-state index in [1.54, 1.807) is 19.1 Å². The van der Waals surface area contributed by atoms with E-state index in [9.17, 15) is 39.3 Å². The molecular weight excluding hydrogens is 682 g/mol. The number of H-pyrrole nitrogens is 2. The van der Waals surface area contributed by atoms with Crippen molar-refractivity contribution in [3.05, 3.63) is 75.4 Å². The number of nitrogens with zero attached hydrogens (tertiary/aromatic N) is 2. The molecule has 2 aliphatic rings. The van der Waals surface area contributed by atoms with Gasteiger partial charge in [0, 0.05) is 58.0 Å². The van der Waals surface area contributed by atoms with Crippen LogP contribution in [0.1, 0.15) is 114 Å². The van der Waals surface area contributed by atoms with Gasteiger partial charge in [0.25, 0.3) is 6.47 Å². The number of amides is 1. The van der Waals surface area contributed by atoms with Crippen LogP contribution in [0.3, 0.4) is 0 Å². The molecule has 0 radical (unpaired) electrons. The second-order valence-electron chi connectivity index (χ2n) is 13.3. The largest absolute Gasteiger partial charge is 0.481 e. The van der Waals surface area contributed by atoms with Crippen molar-refractivity contribution in [2.75, 3.05) is 6.61 Å². The van der Waals surface area contributed by atoms with E-state index in [1.165, 1.54) is 0 Å². The second kappa shape index (κ2) is 15.7. The zero-order chi connectivity index (χ0) is 38.7. The summed E-state index contributed by atoms with van der Waals surface area (Å²) in [5.74, 6) is -5.28. The summed E-state index contributed by atoms with van der Waals surface area (Å²) in [6.45, 7) is 13.5. The number of carbonyl (C=O) groups is 5. The van der Waals surface area contributed by atoms with E-state index in [0.29, 0.717) is 34.6 Å². The van der Waals surface area contributed by atoms with Crippen molar-refractivity contribution in [1.82, 2.24) is 25.3 Å². The van der Waals surface area contributed by atoms with Crippen molar-refractivity contribution in [3.63, 3.8) is 0 Å². The minimum atomic E-state index is -1.30. The van der Waals surface area contributed by atoms with Crippen molar-refractivity contribution in [2.24, 2.45) is 0 Å². The quantitative estimate of drug-likeness (QED) is 0.0830. The van der Waals surface area contributed by atoms with Gasteiger partial charge in [-0.1, -0.05) is 26.5 Å². The molecule has 3 aromatic rings. The number of hydrogen-bond donors (Lipinski definition) is 6. The maximum Gasteiger partial charge on any atom is 0.338 e. The number of hydrogen-bond acceptors (Lipinski definition) is 8. The summed E-state index contributed by atoms with van der Waals surface area (Å²) in [6.07, 6.45) is 1.69. The summed E-state index contributed by atoms with van der Waals surface area (Å²) < 4.78 is 4.61. The van der Waals surface area contributed by atoms with Gasteiger partial charge in [-0.25, -0.2) is 14.6 Å². The smallest absolute Gasteiger partial charge is 0.338 e. The van der Waals surface area contributed by atoms with E-state index in [1.807, 2.05) is 39.8 Å². The van der Waals surface area contributed by atoms with Gasteiger partial charge in [0.1, 0.15) is 6.04 Å². The SMILES string of the molecule is C=Cc1c(C)c2cc3nc(c(CC(=O)O)c4[nH]c(cc5nc(cc1[nH]2)C(C)=C5CC)c(C)c4C(=O)O)C(CCC(=O)NC(CCOC=O)C(=O)O)C3C. The van der Waals surface area contributed by atoms with Gasteiger partial charge in [-0.15, -0.1) is 0 Å². The Balaban J connectivity index is 1.81. The standard InChI is InChI=1S/C39H43N5O9/c1-7-22-18(3)27-14-29-20(5)24(9-10-33(46)42-26(38(49)50)11-12-53-17-45)36(43-29)25(13-34(47)48)37-35(39(51)52)21(6)30(44-37)16-32-23(8-2)19(4)28(41-32)15-31(22)40-27/h7,14-17,20,24,26,40,44H,1,8-13H2,2-6H3,(H,42,46)(H,47,48)(H,49,50)(H,51,52). The van der Waals surface area contributed by atoms with Gasteiger partial charge in [-0.2, -0.15) is 0 Å². The van der Waals surface area contributed by atoms with Gasteiger partial charge in [0.2, 0.25) is 5.91 Å². The topological polar surface area (TPSA) is 225 Å². The van der Waals surface area contributed by atoms with E-state index in [2.05, 4.69) is 26.6 Å². The summed E-state index contributed by atoms with van der Waals surface area (Å²) in [5.41, 5.74) is 8.50. The Hall–Kier alpha value is -6.05. The van der Waals surface area contributed by atoms with Crippen LogP contribution in [0.15, 0.2) is 24.8 Å². The lowest BCUT2D eigenvalue weighted by Gasteiger charge is -2.19.